The molecule has 0 saturated carbocycles. The molecule has 0 bridgehead atoms. The van der Waals surface area contributed by atoms with Crippen molar-refractivity contribution in [3.63, 3.8) is 0 Å². The summed E-state index contributed by atoms with van der Waals surface area (Å²) in [4.78, 5) is 35.4. The highest BCUT2D eigenvalue weighted by molar-refractivity contribution is 6.02. The van der Waals surface area contributed by atoms with Gasteiger partial charge in [-0.05, 0) is 48.5 Å². The zero-order valence-corrected chi connectivity index (χ0v) is 13.4. The number of carbonyl (C=O) groups is 3. The van der Waals surface area contributed by atoms with Gasteiger partial charge in [-0.1, -0.05) is 0 Å². The lowest BCUT2D eigenvalue weighted by molar-refractivity contribution is 0.0600. The molecule has 0 spiro atoms. The maximum absolute atomic E-state index is 12.0. The van der Waals surface area contributed by atoms with E-state index in [1.54, 1.807) is 31.4 Å². The van der Waals surface area contributed by atoms with E-state index in [1.165, 1.54) is 31.4 Å². The fraction of sp³-hybridized carbons (Fsp3) is 0.167. The molecule has 0 atom stereocenters. The lowest BCUT2D eigenvalue weighted by Gasteiger charge is -2.06. The first kappa shape index (κ1) is 17.2. The van der Waals surface area contributed by atoms with Gasteiger partial charge in [-0.15, -0.1) is 0 Å². The normalized spacial score (nSPS) is 9.92. The molecule has 2 aromatic carbocycles. The first-order chi connectivity index (χ1) is 11.5. The van der Waals surface area contributed by atoms with Crippen LogP contribution in [0.15, 0.2) is 48.5 Å². The van der Waals surface area contributed by atoms with E-state index >= 15 is 0 Å². The standard InChI is InChI=1S/C18H17NO5/c1-23-15-9-7-12(8-10-15)16(20)11-19-17(21)13-3-5-14(6-4-13)18(22)24-2/h3-10H,11H2,1-2H3,(H,19,21). The Labute approximate surface area is 139 Å². The van der Waals surface area contributed by atoms with Crippen molar-refractivity contribution >= 4 is 17.7 Å². The molecule has 1 amide bonds. The van der Waals surface area contributed by atoms with E-state index in [4.69, 9.17) is 4.74 Å². The van der Waals surface area contributed by atoms with E-state index in [9.17, 15) is 14.4 Å². The van der Waals surface area contributed by atoms with Crippen LogP contribution in [0.3, 0.4) is 0 Å². The first-order valence-electron chi connectivity index (χ1n) is 7.19. The van der Waals surface area contributed by atoms with Crippen LogP contribution in [0, 0.1) is 0 Å². The van der Waals surface area contributed by atoms with Crippen LogP contribution in [0.25, 0.3) is 0 Å². The van der Waals surface area contributed by atoms with Gasteiger partial charge in [0, 0.05) is 11.1 Å². The molecule has 0 radical (unpaired) electrons. The van der Waals surface area contributed by atoms with E-state index in [0.29, 0.717) is 22.4 Å². The highest BCUT2D eigenvalue weighted by atomic mass is 16.5. The second kappa shape index (κ2) is 7.92. The Kier molecular flexibility index (Phi) is 5.68. The van der Waals surface area contributed by atoms with Gasteiger partial charge in [0.15, 0.2) is 5.78 Å². The van der Waals surface area contributed by atoms with E-state index in [-0.39, 0.29) is 12.3 Å². The summed E-state index contributed by atoms with van der Waals surface area (Å²) in [7, 11) is 2.83. The molecule has 0 unspecified atom stereocenters. The third-order valence-corrected chi connectivity index (χ3v) is 3.39. The largest absolute Gasteiger partial charge is 0.497 e. The lowest BCUT2D eigenvalue weighted by Crippen LogP contribution is -2.29. The molecule has 0 aliphatic heterocycles. The van der Waals surface area contributed by atoms with Gasteiger partial charge in [0.25, 0.3) is 5.91 Å². The van der Waals surface area contributed by atoms with Crippen molar-refractivity contribution in [3.8, 4) is 5.75 Å². The Hall–Kier alpha value is -3.15. The van der Waals surface area contributed by atoms with E-state index < -0.39 is 11.9 Å². The van der Waals surface area contributed by atoms with Crippen LogP contribution in [0.2, 0.25) is 0 Å². The molecule has 0 aliphatic rings. The average Bonchev–Trinajstić information content (AvgIpc) is 2.65. The van der Waals surface area contributed by atoms with Gasteiger partial charge in [0.05, 0.1) is 26.3 Å². The van der Waals surface area contributed by atoms with Crippen LogP contribution >= 0.6 is 0 Å². The summed E-state index contributed by atoms with van der Waals surface area (Å²) in [5.74, 6) is -0.427. The first-order valence-corrected chi connectivity index (χ1v) is 7.19. The third kappa shape index (κ3) is 4.19. The molecule has 0 saturated heterocycles. The van der Waals surface area contributed by atoms with Gasteiger partial charge in [-0.2, -0.15) is 0 Å². The minimum atomic E-state index is -0.475. The van der Waals surface area contributed by atoms with Crippen LogP contribution in [-0.4, -0.2) is 38.4 Å². The van der Waals surface area contributed by atoms with Crippen LogP contribution < -0.4 is 10.1 Å². The number of nitrogens with one attached hydrogen (secondary N) is 1. The summed E-state index contributed by atoms with van der Waals surface area (Å²) in [5, 5.41) is 2.55. The van der Waals surface area contributed by atoms with Gasteiger partial charge >= 0.3 is 5.97 Å². The summed E-state index contributed by atoms with van der Waals surface area (Å²) in [6, 6.07) is 12.6. The molecule has 0 heterocycles. The lowest BCUT2D eigenvalue weighted by atomic mass is 10.1. The molecule has 0 aliphatic carbocycles. The Morgan fingerprint density at radius 2 is 1.38 bits per heavy atom. The second-order valence-electron chi connectivity index (χ2n) is 4.90. The van der Waals surface area contributed by atoms with Crippen molar-refractivity contribution in [2.45, 2.75) is 0 Å². The van der Waals surface area contributed by atoms with Crippen molar-refractivity contribution in [1.29, 1.82) is 0 Å². The molecule has 1 N–H and O–H groups in total. The number of ketones is 1. The van der Waals surface area contributed by atoms with E-state index in [1.807, 2.05) is 0 Å². The fourth-order valence-electron chi connectivity index (χ4n) is 2.02. The number of hydrogen-bond donors (Lipinski definition) is 1. The van der Waals surface area contributed by atoms with Crippen molar-refractivity contribution in [2.24, 2.45) is 0 Å². The predicted molar refractivity (Wildman–Crippen MR) is 87.4 cm³/mol. The van der Waals surface area contributed by atoms with Gasteiger partial charge in [0.2, 0.25) is 0 Å². The number of Topliss-reactive ketones (excluding diaryl/α,β-unsaturated/α-hetero) is 1. The number of rotatable bonds is 6. The number of hydrogen-bond acceptors (Lipinski definition) is 5. The number of amides is 1. The maximum Gasteiger partial charge on any atom is 0.337 e. The number of carbonyl (C=O) groups excluding carboxylic acids is 3. The molecule has 2 aromatic rings. The number of ether oxygens (including phenoxy) is 2. The molecule has 6 nitrogen and oxygen atoms in total. The maximum atomic E-state index is 12.0. The van der Waals surface area contributed by atoms with Crippen LogP contribution in [-0.2, 0) is 4.74 Å². The molecule has 6 heteroatoms. The Bertz CT molecular complexity index is 735. The summed E-state index contributed by atoms with van der Waals surface area (Å²) < 4.78 is 9.61. The quantitative estimate of drug-likeness (QED) is 0.649. The van der Waals surface area contributed by atoms with E-state index in [2.05, 4.69) is 10.1 Å². The molecule has 2 rings (SSSR count). The Balaban J connectivity index is 1.94. The molecule has 0 fully saturated rings. The highest BCUT2D eigenvalue weighted by Crippen LogP contribution is 2.11. The van der Waals surface area contributed by atoms with Gasteiger partial charge in [-0.3, -0.25) is 9.59 Å². The summed E-state index contributed by atoms with van der Waals surface area (Å²) >= 11 is 0. The zero-order chi connectivity index (χ0) is 17.5. The smallest absolute Gasteiger partial charge is 0.337 e. The summed E-state index contributed by atoms with van der Waals surface area (Å²) in [6.07, 6.45) is 0. The molecule has 124 valence electrons. The van der Waals surface area contributed by atoms with Crippen LogP contribution in [0.4, 0.5) is 0 Å². The third-order valence-electron chi connectivity index (χ3n) is 3.39. The molecular weight excluding hydrogens is 310 g/mol. The van der Waals surface area contributed by atoms with Crippen molar-refractivity contribution in [1.82, 2.24) is 5.32 Å². The zero-order valence-electron chi connectivity index (χ0n) is 13.4. The number of esters is 1. The fourth-order valence-corrected chi connectivity index (χ4v) is 2.02. The second-order valence-corrected chi connectivity index (χ2v) is 4.90. The van der Waals surface area contributed by atoms with Gasteiger partial charge in [-0.25, -0.2) is 4.79 Å². The van der Waals surface area contributed by atoms with Gasteiger partial charge < -0.3 is 14.8 Å². The minimum Gasteiger partial charge on any atom is -0.497 e. The molecule has 24 heavy (non-hydrogen) atoms. The summed E-state index contributed by atoms with van der Waals surface area (Å²) in [6.45, 7) is -0.121. The Morgan fingerprint density at radius 1 is 0.833 bits per heavy atom. The molecular formula is C18H17NO5. The van der Waals surface area contributed by atoms with Crippen molar-refractivity contribution < 1.29 is 23.9 Å². The number of methoxy groups -OCH3 is 2. The summed E-state index contributed by atoms with van der Waals surface area (Å²) in [5.41, 5.74) is 1.19. The Morgan fingerprint density at radius 3 is 1.92 bits per heavy atom. The van der Waals surface area contributed by atoms with Crippen LogP contribution in [0.1, 0.15) is 31.1 Å². The monoisotopic (exact) mass is 327 g/mol. The SMILES string of the molecule is COC(=O)c1ccc(C(=O)NCC(=O)c2ccc(OC)cc2)cc1. The van der Waals surface area contributed by atoms with E-state index in [0.717, 1.165) is 0 Å². The molecule has 0 aromatic heterocycles. The predicted octanol–water partition coefficient (Wildman–Crippen LogP) is 2.09. The van der Waals surface area contributed by atoms with Crippen molar-refractivity contribution in [2.75, 3.05) is 20.8 Å². The van der Waals surface area contributed by atoms with Crippen molar-refractivity contribution in [3.05, 3.63) is 65.2 Å². The topological polar surface area (TPSA) is 81.7 Å². The number of benzene rings is 2. The average molecular weight is 327 g/mol. The van der Waals surface area contributed by atoms with Crippen LogP contribution in [0.5, 0.6) is 5.75 Å². The minimum absolute atomic E-state index is 0.121. The highest BCUT2D eigenvalue weighted by Gasteiger charge is 2.11. The van der Waals surface area contributed by atoms with Gasteiger partial charge in [0.1, 0.15) is 5.75 Å².